The zero-order valence-electron chi connectivity index (χ0n) is 9.14. The minimum absolute atomic E-state index is 0.135. The van der Waals surface area contributed by atoms with Crippen LogP contribution in [0, 0.1) is 10.8 Å². The van der Waals surface area contributed by atoms with Crippen LogP contribution in [0.15, 0.2) is 0 Å². The van der Waals surface area contributed by atoms with E-state index in [1.54, 1.807) is 0 Å². The quantitative estimate of drug-likeness (QED) is 0.687. The molecular weight excluding hydrogens is 162 g/mol. The molecule has 2 nitrogen and oxygen atoms in total. The van der Waals surface area contributed by atoms with E-state index in [2.05, 4.69) is 20.8 Å². The lowest BCUT2D eigenvalue weighted by Gasteiger charge is -2.41. The molecule has 2 heteroatoms. The molecule has 2 atom stereocenters. The number of rotatable bonds is 5. The van der Waals surface area contributed by atoms with Gasteiger partial charge in [0.25, 0.3) is 0 Å². The van der Waals surface area contributed by atoms with E-state index in [1.807, 2.05) is 0 Å². The number of hydrogen-bond donors (Lipinski definition) is 2. The maximum Gasteiger partial charge on any atom is 0.0437 e. The Bertz CT molecular complexity index is 177. The SMILES string of the molecule is CCC(N)C(C)(CCO)C1(C)CC1. The Balaban J connectivity index is 2.74. The lowest BCUT2D eigenvalue weighted by molar-refractivity contribution is 0.0855. The summed E-state index contributed by atoms with van der Waals surface area (Å²) in [6, 6.07) is 0.229. The van der Waals surface area contributed by atoms with Gasteiger partial charge in [-0.3, -0.25) is 0 Å². The van der Waals surface area contributed by atoms with Crippen molar-refractivity contribution in [3.63, 3.8) is 0 Å². The molecule has 0 amide bonds. The summed E-state index contributed by atoms with van der Waals surface area (Å²) in [5, 5.41) is 9.08. The Morgan fingerprint density at radius 2 is 2.08 bits per heavy atom. The van der Waals surface area contributed by atoms with Gasteiger partial charge in [-0.1, -0.05) is 20.8 Å². The van der Waals surface area contributed by atoms with Crippen molar-refractivity contribution in [2.45, 2.75) is 52.5 Å². The van der Waals surface area contributed by atoms with Crippen molar-refractivity contribution in [2.24, 2.45) is 16.6 Å². The third kappa shape index (κ3) is 1.75. The molecule has 1 aliphatic rings. The number of nitrogens with two attached hydrogens (primary N) is 1. The highest BCUT2D eigenvalue weighted by atomic mass is 16.3. The van der Waals surface area contributed by atoms with Crippen LogP contribution in [0.2, 0.25) is 0 Å². The number of hydrogen-bond acceptors (Lipinski definition) is 2. The molecule has 0 heterocycles. The fourth-order valence-electron chi connectivity index (χ4n) is 2.38. The minimum atomic E-state index is 0.135. The molecule has 1 aliphatic carbocycles. The molecule has 0 spiro atoms. The molecule has 78 valence electrons. The molecule has 0 bridgehead atoms. The maximum atomic E-state index is 9.08. The average Bonchev–Trinajstić information content (AvgIpc) is 2.84. The molecule has 2 unspecified atom stereocenters. The lowest BCUT2D eigenvalue weighted by Crippen LogP contribution is -2.45. The summed E-state index contributed by atoms with van der Waals surface area (Å²) in [5.41, 5.74) is 6.68. The monoisotopic (exact) mass is 185 g/mol. The maximum absolute atomic E-state index is 9.08. The second-order valence-electron chi connectivity index (χ2n) is 4.97. The molecule has 3 N–H and O–H groups in total. The van der Waals surface area contributed by atoms with Crippen LogP contribution >= 0.6 is 0 Å². The Hall–Kier alpha value is -0.0800. The van der Waals surface area contributed by atoms with Crippen molar-refractivity contribution in [2.75, 3.05) is 6.61 Å². The van der Waals surface area contributed by atoms with Crippen molar-refractivity contribution in [3.8, 4) is 0 Å². The Kier molecular flexibility index (Phi) is 3.03. The van der Waals surface area contributed by atoms with Gasteiger partial charge in [0.15, 0.2) is 0 Å². The fraction of sp³-hybridized carbons (Fsp3) is 1.00. The van der Waals surface area contributed by atoms with E-state index < -0.39 is 0 Å². The molecule has 0 aromatic rings. The summed E-state index contributed by atoms with van der Waals surface area (Å²) in [7, 11) is 0. The molecule has 0 radical (unpaired) electrons. The van der Waals surface area contributed by atoms with E-state index in [4.69, 9.17) is 10.8 Å². The van der Waals surface area contributed by atoms with Crippen molar-refractivity contribution >= 4 is 0 Å². The van der Waals surface area contributed by atoms with Gasteiger partial charge < -0.3 is 10.8 Å². The average molecular weight is 185 g/mol. The van der Waals surface area contributed by atoms with E-state index in [1.165, 1.54) is 12.8 Å². The largest absolute Gasteiger partial charge is 0.396 e. The molecule has 1 rings (SSSR count). The van der Waals surface area contributed by atoms with Crippen molar-refractivity contribution in [1.29, 1.82) is 0 Å². The second-order valence-corrected chi connectivity index (χ2v) is 4.97. The summed E-state index contributed by atoms with van der Waals surface area (Å²) in [6.07, 6.45) is 4.40. The Morgan fingerprint density at radius 3 is 2.38 bits per heavy atom. The van der Waals surface area contributed by atoms with Crippen LogP contribution in [0.5, 0.6) is 0 Å². The summed E-state index contributed by atoms with van der Waals surface area (Å²) in [5.74, 6) is 0. The molecule has 0 aliphatic heterocycles. The van der Waals surface area contributed by atoms with Crippen LogP contribution in [0.4, 0.5) is 0 Å². The fourth-order valence-corrected chi connectivity index (χ4v) is 2.38. The first-order valence-corrected chi connectivity index (χ1v) is 5.36. The summed E-state index contributed by atoms with van der Waals surface area (Å²) >= 11 is 0. The van der Waals surface area contributed by atoms with E-state index in [-0.39, 0.29) is 18.1 Å². The van der Waals surface area contributed by atoms with E-state index >= 15 is 0 Å². The van der Waals surface area contributed by atoms with Gasteiger partial charge in [-0.05, 0) is 36.5 Å². The highest BCUT2D eigenvalue weighted by molar-refractivity contribution is 5.06. The Morgan fingerprint density at radius 1 is 1.54 bits per heavy atom. The van der Waals surface area contributed by atoms with E-state index in [0.29, 0.717) is 5.41 Å². The minimum Gasteiger partial charge on any atom is -0.396 e. The van der Waals surface area contributed by atoms with Crippen molar-refractivity contribution in [3.05, 3.63) is 0 Å². The van der Waals surface area contributed by atoms with Crippen LogP contribution in [-0.4, -0.2) is 17.8 Å². The lowest BCUT2D eigenvalue weighted by atomic mass is 9.67. The van der Waals surface area contributed by atoms with Crippen LogP contribution in [0.3, 0.4) is 0 Å². The van der Waals surface area contributed by atoms with Gasteiger partial charge >= 0.3 is 0 Å². The van der Waals surface area contributed by atoms with Crippen LogP contribution in [0.1, 0.15) is 46.5 Å². The van der Waals surface area contributed by atoms with Gasteiger partial charge in [0.05, 0.1) is 0 Å². The van der Waals surface area contributed by atoms with Crippen molar-refractivity contribution in [1.82, 2.24) is 0 Å². The zero-order chi connectivity index (χ0) is 10.1. The summed E-state index contributed by atoms with van der Waals surface area (Å²) in [4.78, 5) is 0. The molecule has 1 fully saturated rings. The first-order valence-electron chi connectivity index (χ1n) is 5.36. The molecule has 13 heavy (non-hydrogen) atoms. The highest BCUT2D eigenvalue weighted by Gasteiger charge is 2.54. The normalized spacial score (nSPS) is 26.5. The first-order chi connectivity index (χ1) is 6.00. The molecule has 0 aromatic heterocycles. The van der Waals surface area contributed by atoms with Gasteiger partial charge in [-0.15, -0.1) is 0 Å². The van der Waals surface area contributed by atoms with Gasteiger partial charge in [-0.2, -0.15) is 0 Å². The molecule has 0 saturated heterocycles. The smallest absolute Gasteiger partial charge is 0.0437 e. The molecule has 0 aromatic carbocycles. The second kappa shape index (κ2) is 3.58. The van der Waals surface area contributed by atoms with E-state index in [0.717, 1.165) is 12.8 Å². The van der Waals surface area contributed by atoms with Gasteiger partial charge in [0, 0.05) is 12.6 Å². The van der Waals surface area contributed by atoms with Gasteiger partial charge in [0.1, 0.15) is 0 Å². The van der Waals surface area contributed by atoms with Crippen molar-refractivity contribution < 1.29 is 5.11 Å². The third-order valence-corrected chi connectivity index (χ3v) is 4.27. The topological polar surface area (TPSA) is 46.2 Å². The highest BCUT2D eigenvalue weighted by Crippen LogP contribution is 2.61. The first kappa shape index (κ1) is 11.0. The van der Waals surface area contributed by atoms with Crippen LogP contribution in [-0.2, 0) is 0 Å². The predicted octanol–water partition coefficient (Wildman–Crippen LogP) is 1.91. The van der Waals surface area contributed by atoms with Gasteiger partial charge in [0.2, 0.25) is 0 Å². The zero-order valence-corrected chi connectivity index (χ0v) is 9.14. The standard InChI is InChI=1S/C11H23NO/c1-4-9(12)11(3,7-8-13)10(2)5-6-10/h9,13H,4-8,12H2,1-3H3. The van der Waals surface area contributed by atoms with Crippen LogP contribution < -0.4 is 5.73 Å². The number of aliphatic hydroxyl groups is 1. The predicted molar refractivity (Wildman–Crippen MR) is 55.4 cm³/mol. The Labute approximate surface area is 81.5 Å². The van der Waals surface area contributed by atoms with E-state index in [9.17, 15) is 0 Å². The third-order valence-electron chi connectivity index (χ3n) is 4.27. The van der Waals surface area contributed by atoms with Gasteiger partial charge in [-0.25, -0.2) is 0 Å². The molecule has 1 saturated carbocycles. The molecular formula is C11H23NO. The summed E-state index contributed by atoms with van der Waals surface area (Å²) in [6.45, 7) is 6.94. The van der Waals surface area contributed by atoms with Crippen LogP contribution in [0.25, 0.3) is 0 Å². The number of aliphatic hydroxyl groups excluding tert-OH is 1. The summed E-state index contributed by atoms with van der Waals surface area (Å²) < 4.78 is 0.